The number of ether oxygens (including phenoxy) is 1. The number of carbonyl (C=O) groups is 3. The van der Waals surface area contributed by atoms with Crippen molar-refractivity contribution in [3.8, 4) is 0 Å². The van der Waals surface area contributed by atoms with E-state index in [0.717, 1.165) is 6.42 Å². The van der Waals surface area contributed by atoms with E-state index in [9.17, 15) is 28.1 Å². The Balaban J connectivity index is 1.41. The zero-order chi connectivity index (χ0) is 19.0. The third-order valence-corrected chi connectivity index (χ3v) is 7.33. The van der Waals surface area contributed by atoms with Crippen molar-refractivity contribution in [1.82, 2.24) is 0 Å². The van der Waals surface area contributed by atoms with Gasteiger partial charge in [-0.05, 0) is 50.4 Å². The molecule has 5 atom stereocenters. The van der Waals surface area contributed by atoms with Crippen LogP contribution in [0.15, 0.2) is 5.18 Å². The fraction of sp³-hybridized carbons (Fsp3) is 0.824. The standard InChI is InChI=1S/C17H19F2NO6/c18-17(19,12(22)23)11(21)1-2-26-13(24)14-3-9-4-15(8-14)10(6-14)7-16(15,5-9)20-25/h9-10H,1-8H2,(H,22,23). The van der Waals surface area contributed by atoms with Crippen LogP contribution in [-0.4, -0.2) is 40.9 Å². The van der Waals surface area contributed by atoms with Crippen molar-refractivity contribution in [1.29, 1.82) is 0 Å². The van der Waals surface area contributed by atoms with E-state index in [1.807, 2.05) is 0 Å². The van der Waals surface area contributed by atoms with Crippen molar-refractivity contribution < 1.29 is 33.0 Å². The zero-order valence-corrected chi connectivity index (χ0v) is 14.0. The summed E-state index contributed by atoms with van der Waals surface area (Å²) in [6.45, 7) is -0.568. The molecule has 0 aromatic carbocycles. The van der Waals surface area contributed by atoms with Gasteiger partial charge in [-0.1, -0.05) is 5.18 Å². The molecule has 1 spiro atoms. The third kappa shape index (κ3) is 1.94. The smallest absolute Gasteiger partial charge is 0.399 e. The first-order valence-electron chi connectivity index (χ1n) is 8.77. The molecule has 26 heavy (non-hydrogen) atoms. The van der Waals surface area contributed by atoms with E-state index in [-0.39, 0.29) is 17.3 Å². The lowest BCUT2D eigenvalue weighted by Gasteiger charge is -2.54. The quantitative estimate of drug-likeness (QED) is 0.418. The number of nitroso groups, excluding NO2 is 1. The lowest BCUT2D eigenvalue weighted by molar-refractivity contribution is -0.172. The number of hydrogen-bond acceptors (Lipinski definition) is 6. The van der Waals surface area contributed by atoms with E-state index in [0.29, 0.717) is 32.1 Å². The molecule has 4 saturated carbocycles. The van der Waals surface area contributed by atoms with E-state index in [1.165, 1.54) is 0 Å². The van der Waals surface area contributed by atoms with Crippen LogP contribution in [0.5, 0.6) is 0 Å². The molecule has 0 radical (unpaired) electrons. The minimum absolute atomic E-state index is 0.219. The number of hydrogen-bond donors (Lipinski definition) is 1. The Morgan fingerprint density at radius 1 is 1.15 bits per heavy atom. The maximum atomic E-state index is 13.1. The van der Waals surface area contributed by atoms with Gasteiger partial charge < -0.3 is 9.84 Å². The number of carboxylic acids is 1. The van der Waals surface area contributed by atoms with Crippen molar-refractivity contribution in [2.45, 2.75) is 56.4 Å². The number of carbonyl (C=O) groups excluding carboxylic acids is 2. The Hall–Kier alpha value is -1.93. The molecule has 4 aliphatic carbocycles. The van der Waals surface area contributed by atoms with Gasteiger partial charge in [0.2, 0.25) is 5.78 Å². The molecule has 5 unspecified atom stereocenters. The maximum Gasteiger partial charge on any atom is 0.399 e. The topological polar surface area (TPSA) is 110 Å². The van der Waals surface area contributed by atoms with Crippen molar-refractivity contribution in [2.24, 2.45) is 27.8 Å². The van der Waals surface area contributed by atoms with Gasteiger partial charge in [0.05, 0.1) is 12.0 Å². The van der Waals surface area contributed by atoms with E-state index in [4.69, 9.17) is 9.84 Å². The molecular formula is C17H19F2NO6. The summed E-state index contributed by atoms with van der Waals surface area (Å²) in [7, 11) is 0. The van der Waals surface area contributed by atoms with Gasteiger partial charge in [-0.2, -0.15) is 13.7 Å². The number of alkyl halides is 2. The predicted octanol–water partition coefficient (Wildman–Crippen LogP) is 2.31. The number of carboxylic acid groups (broad SMARTS) is 1. The van der Waals surface area contributed by atoms with Crippen LogP contribution in [0.25, 0.3) is 0 Å². The number of nitrogens with zero attached hydrogens (tertiary/aromatic N) is 1. The summed E-state index contributed by atoms with van der Waals surface area (Å²) in [5, 5.41) is 11.8. The summed E-state index contributed by atoms with van der Waals surface area (Å²) in [5.74, 6) is -8.80. The van der Waals surface area contributed by atoms with Gasteiger partial charge in [0.1, 0.15) is 5.54 Å². The van der Waals surface area contributed by atoms with Crippen LogP contribution in [0, 0.1) is 27.6 Å². The molecule has 0 aromatic rings. The summed E-state index contributed by atoms with van der Waals surface area (Å²) >= 11 is 0. The number of esters is 1. The van der Waals surface area contributed by atoms with Crippen LogP contribution in [0.3, 0.4) is 0 Å². The molecule has 142 valence electrons. The SMILES string of the molecule is O=NC12CC3CC4(C(=O)OCCC(=O)C(F)(F)C(=O)O)CC(C1)C2(C3)C4. The molecule has 9 heteroatoms. The van der Waals surface area contributed by atoms with Crippen molar-refractivity contribution in [3.05, 3.63) is 4.91 Å². The zero-order valence-electron chi connectivity index (χ0n) is 14.0. The molecule has 4 fully saturated rings. The summed E-state index contributed by atoms with van der Waals surface area (Å²) in [4.78, 5) is 45.8. The van der Waals surface area contributed by atoms with Gasteiger partial charge in [0, 0.05) is 11.8 Å². The Kier molecular flexibility index (Phi) is 3.41. The normalized spacial score (nSPS) is 42.1. The lowest BCUT2D eigenvalue weighted by atomic mass is 9.51. The molecule has 7 nitrogen and oxygen atoms in total. The third-order valence-electron chi connectivity index (χ3n) is 7.33. The number of Topliss-reactive ketones (excluding diaryl/α,β-unsaturated/α-hetero) is 1. The molecule has 0 heterocycles. The second-order valence-electron chi connectivity index (χ2n) is 8.51. The van der Waals surface area contributed by atoms with Gasteiger partial charge in [0.25, 0.3) is 0 Å². The average Bonchev–Trinajstić information content (AvgIpc) is 2.88. The highest BCUT2D eigenvalue weighted by Gasteiger charge is 2.80. The number of rotatable bonds is 7. The van der Waals surface area contributed by atoms with Crippen LogP contribution >= 0.6 is 0 Å². The van der Waals surface area contributed by atoms with Gasteiger partial charge in [-0.25, -0.2) is 4.79 Å². The monoisotopic (exact) mass is 371 g/mol. The molecule has 4 rings (SSSR count). The average molecular weight is 371 g/mol. The summed E-state index contributed by atoms with van der Waals surface area (Å²) < 4.78 is 31.3. The van der Waals surface area contributed by atoms with Gasteiger partial charge in [0.15, 0.2) is 0 Å². The van der Waals surface area contributed by atoms with Gasteiger partial charge >= 0.3 is 17.9 Å². The second-order valence-corrected chi connectivity index (χ2v) is 8.51. The van der Waals surface area contributed by atoms with E-state index in [1.54, 1.807) is 0 Å². The minimum atomic E-state index is -4.48. The number of aliphatic carboxylic acids is 1. The summed E-state index contributed by atoms with van der Waals surface area (Å²) in [5.41, 5.74) is -1.50. The second kappa shape index (κ2) is 5.07. The Morgan fingerprint density at radius 3 is 2.54 bits per heavy atom. The molecule has 0 aromatic heterocycles. The highest BCUT2D eigenvalue weighted by molar-refractivity contribution is 6.04. The number of ketones is 1. The van der Waals surface area contributed by atoms with E-state index < -0.39 is 47.6 Å². The summed E-state index contributed by atoms with van der Waals surface area (Å²) in [6, 6.07) is 0. The van der Waals surface area contributed by atoms with E-state index >= 15 is 0 Å². The molecule has 1 N–H and O–H groups in total. The van der Waals surface area contributed by atoms with Crippen LogP contribution < -0.4 is 0 Å². The van der Waals surface area contributed by atoms with Crippen molar-refractivity contribution in [2.75, 3.05) is 6.61 Å². The maximum absolute atomic E-state index is 13.1. The van der Waals surface area contributed by atoms with Crippen molar-refractivity contribution >= 4 is 17.7 Å². The Morgan fingerprint density at radius 2 is 1.88 bits per heavy atom. The Labute approximate surface area is 147 Å². The van der Waals surface area contributed by atoms with Crippen LogP contribution in [0.2, 0.25) is 0 Å². The molecule has 0 saturated heterocycles. The minimum Gasteiger partial charge on any atom is -0.476 e. The molecule has 4 aliphatic rings. The largest absolute Gasteiger partial charge is 0.476 e. The molecule has 0 aliphatic heterocycles. The first kappa shape index (κ1) is 17.5. The van der Waals surface area contributed by atoms with Crippen LogP contribution in [0.1, 0.15) is 44.9 Å². The summed E-state index contributed by atoms with van der Waals surface area (Å²) in [6.07, 6.45) is 3.20. The highest BCUT2D eigenvalue weighted by atomic mass is 19.3. The van der Waals surface area contributed by atoms with Crippen LogP contribution in [0.4, 0.5) is 8.78 Å². The first-order valence-corrected chi connectivity index (χ1v) is 8.77. The molecule has 0 amide bonds. The van der Waals surface area contributed by atoms with Gasteiger partial charge in [-0.15, -0.1) is 0 Å². The van der Waals surface area contributed by atoms with Gasteiger partial charge in [-0.3, -0.25) is 9.59 Å². The number of halogens is 2. The number of fused-ring (bicyclic) bond motifs is 2. The first-order chi connectivity index (χ1) is 12.1. The highest BCUT2D eigenvalue weighted by Crippen LogP contribution is 2.81. The van der Waals surface area contributed by atoms with Crippen molar-refractivity contribution in [3.63, 3.8) is 0 Å². The predicted molar refractivity (Wildman–Crippen MR) is 81.2 cm³/mol. The Bertz CT molecular complexity index is 722. The fourth-order valence-corrected chi connectivity index (χ4v) is 6.48. The van der Waals surface area contributed by atoms with E-state index in [2.05, 4.69) is 5.18 Å². The molecule has 3 bridgehead atoms. The fourth-order valence-electron chi connectivity index (χ4n) is 6.48. The van der Waals surface area contributed by atoms with Crippen LogP contribution in [-0.2, 0) is 19.1 Å². The lowest BCUT2D eigenvalue weighted by Crippen LogP contribution is -2.56. The molecular weight excluding hydrogens is 352 g/mol.